The fourth-order valence-electron chi connectivity index (χ4n) is 1.94. The third-order valence-electron chi connectivity index (χ3n) is 2.42. The maximum Gasteiger partial charge on any atom is 0.137 e. The number of hydrogen-bond acceptors (Lipinski definition) is 2. The number of hydrogen-bond donors (Lipinski definition) is 0. The van der Waals surface area contributed by atoms with Gasteiger partial charge in [0, 0.05) is 25.7 Å². The minimum absolute atomic E-state index is 0.238. The van der Waals surface area contributed by atoms with Crippen LogP contribution in [0, 0.1) is 18.3 Å². The summed E-state index contributed by atoms with van der Waals surface area (Å²) >= 11 is 0. The SMILES string of the molecule is O=C1[CH]C2CC(=O)CC2C1. The third-order valence-corrected chi connectivity index (χ3v) is 2.42. The zero-order chi connectivity index (χ0) is 7.14. The Balaban J connectivity index is 2.12. The summed E-state index contributed by atoms with van der Waals surface area (Å²) in [5.41, 5.74) is 0. The molecule has 0 amide bonds. The summed E-state index contributed by atoms with van der Waals surface area (Å²) in [5.74, 6) is 1.25. The van der Waals surface area contributed by atoms with E-state index in [0.717, 1.165) is 0 Å². The van der Waals surface area contributed by atoms with E-state index in [1.165, 1.54) is 0 Å². The summed E-state index contributed by atoms with van der Waals surface area (Å²) in [6.45, 7) is 0. The van der Waals surface area contributed by atoms with Crippen LogP contribution >= 0.6 is 0 Å². The number of rotatable bonds is 0. The molecule has 0 saturated heterocycles. The van der Waals surface area contributed by atoms with Crippen LogP contribution in [0.2, 0.25) is 0 Å². The van der Waals surface area contributed by atoms with Crippen LogP contribution < -0.4 is 0 Å². The van der Waals surface area contributed by atoms with Crippen LogP contribution in [0.15, 0.2) is 0 Å². The lowest BCUT2D eigenvalue weighted by molar-refractivity contribution is -0.118. The van der Waals surface area contributed by atoms with Gasteiger partial charge < -0.3 is 0 Å². The van der Waals surface area contributed by atoms with Crippen LogP contribution in [-0.4, -0.2) is 11.6 Å². The highest BCUT2D eigenvalue weighted by Crippen LogP contribution is 2.39. The summed E-state index contributed by atoms with van der Waals surface area (Å²) in [6.07, 6.45) is 3.62. The number of fused-ring (bicyclic) bond motifs is 1. The van der Waals surface area contributed by atoms with Gasteiger partial charge in [-0.05, 0) is 11.8 Å². The zero-order valence-corrected chi connectivity index (χ0v) is 5.67. The van der Waals surface area contributed by atoms with E-state index in [-0.39, 0.29) is 5.78 Å². The Labute approximate surface area is 59.6 Å². The molecule has 2 atom stereocenters. The van der Waals surface area contributed by atoms with Gasteiger partial charge in [0.25, 0.3) is 0 Å². The van der Waals surface area contributed by atoms with E-state index in [2.05, 4.69) is 0 Å². The van der Waals surface area contributed by atoms with Crippen molar-refractivity contribution in [2.75, 3.05) is 0 Å². The topological polar surface area (TPSA) is 34.1 Å². The Hall–Kier alpha value is -0.660. The average molecular weight is 137 g/mol. The molecule has 2 aliphatic rings. The van der Waals surface area contributed by atoms with Crippen LogP contribution in [0.1, 0.15) is 19.3 Å². The summed E-state index contributed by atoms with van der Waals surface area (Å²) in [6, 6.07) is 0. The molecule has 1 radical (unpaired) electrons. The van der Waals surface area contributed by atoms with E-state index in [1.54, 1.807) is 6.42 Å². The van der Waals surface area contributed by atoms with E-state index < -0.39 is 0 Å². The van der Waals surface area contributed by atoms with E-state index in [9.17, 15) is 9.59 Å². The lowest BCUT2D eigenvalue weighted by Crippen LogP contribution is -1.97. The molecule has 2 rings (SSSR count). The van der Waals surface area contributed by atoms with Crippen molar-refractivity contribution >= 4 is 11.6 Å². The molecule has 0 aromatic heterocycles. The van der Waals surface area contributed by atoms with Crippen molar-refractivity contribution in [3.05, 3.63) is 6.42 Å². The maximum absolute atomic E-state index is 10.8. The normalized spacial score (nSPS) is 38.8. The molecule has 0 bridgehead atoms. The Bertz CT molecular complexity index is 157. The summed E-state index contributed by atoms with van der Waals surface area (Å²) in [4.78, 5) is 21.6. The second kappa shape index (κ2) is 1.91. The van der Waals surface area contributed by atoms with Gasteiger partial charge in [0.15, 0.2) is 0 Å². The molecule has 0 aromatic carbocycles. The molecule has 2 heteroatoms. The molecule has 0 aliphatic heterocycles. The molecule has 2 fully saturated rings. The van der Waals surface area contributed by atoms with Crippen LogP contribution in [0.3, 0.4) is 0 Å². The zero-order valence-electron chi connectivity index (χ0n) is 5.67. The van der Waals surface area contributed by atoms with Crippen molar-refractivity contribution in [3.8, 4) is 0 Å². The first kappa shape index (κ1) is 6.08. The van der Waals surface area contributed by atoms with Gasteiger partial charge in [0.1, 0.15) is 11.6 Å². The predicted octanol–water partition coefficient (Wildman–Crippen LogP) is 0.759. The van der Waals surface area contributed by atoms with Gasteiger partial charge in [-0.2, -0.15) is 0 Å². The molecule has 2 aliphatic carbocycles. The molecule has 53 valence electrons. The average Bonchev–Trinajstić information content (AvgIpc) is 2.21. The van der Waals surface area contributed by atoms with Crippen LogP contribution in [-0.2, 0) is 9.59 Å². The molecule has 2 unspecified atom stereocenters. The standard InChI is InChI=1S/C8H9O2/c9-7-1-5-2-8(10)4-6(5)3-7/h1,5-6H,2-4H2. The van der Waals surface area contributed by atoms with Crippen molar-refractivity contribution in [2.24, 2.45) is 11.8 Å². The molecule has 0 aromatic rings. The van der Waals surface area contributed by atoms with E-state index in [1.807, 2.05) is 0 Å². The minimum atomic E-state index is 0.238. The number of ketones is 2. The van der Waals surface area contributed by atoms with Gasteiger partial charge >= 0.3 is 0 Å². The largest absolute Gasteiger partial charge is 0.300 e. The van der Waals surface area contributed by atoms with Gasteiger partial charge in [-0.25, -0.2) is 0 Å². The van der Waals surface area contributed by atoms with Crippen molar-refractivity contribution in [3.63, 3.8) is 0 Å². The lowest BCUT2D eigenvalue weighted by Gasteiger charge is -2.01. The van der Waals surface area contributed by atoms with Gasteiger partial charge in [0.2, 0.25) is 0 Å². The molecule has 2 saturated carbocycles. The van der Waals surface area contributed by atoms with Gasteiger partial charge in [-0.3, -0.25) is 9.59 Å². The van der Waals surface area contributed by atoms with Crippen LogP contribution in [0.5, 0.6) is 0 Å². The van der Waals surface area contributed by atoms with Gasteiger partial charge in [0.05, 0.1) is 0 Å². The van der Waals surface area contributed by atoms with Crippen molar-refractivity contribution in [1.29, 1.82) is 0 Å². The van der Waals surface area contributed by atoms with Crippen LogP contribution in [0.4, 0.5) is 0 Å². The van der Waals surface area contributed by atoms with Gasteiger partial charge in [-0.1, -0.05) is 0 Å². The third kappa shape index (κ3) is 0.789. The highest BCUT2D eigenvalue weighted by Gasteiger charge is 2.40. The van der Waals surface area contributed by atoms with Crippen LogP contribution in [0.25, 0.3) is 0 Å². The Morgan fingerprint density at radius 3 is 2.70 bits per heavy atom. The molecular formula is C8H9O2. The Kier molecular flexibility index (Phi) is 1.16. The molecule has 0 spiro atoms. The molecule has 10 heavy (non-hydrogen) atoms. The van der Waals surface area contributed by atoms with E-state index in [0.29, 0.717) is 36.9 Å². The first-order valence-corrected chi connectivity index (χ1v) is 3.65. The number of carbonyl (C=O) groups is 2. The summed E-state index contributed by atoms with van der Waals surface area (Å²) in [7, 11) is 0. The number of Topliss-reactive ketones (excluding diaryl/α,β-unsaturated/α-hetero) is 2. The minimum Gasteiger partial charge on any atom is -0.300 e. The van der Waals surface area contributed by atoms with E-state index >= 15 is 0 Å². The van der Waals surface area contributed by atoms with Crippen molar-refractivity contribution in [1.82, 2.24) is 0 Å². The fraction of sp³-hybridized carbons (Fsp3) is 0.625. The second-order valence-corrected chi connectivity index (χ2v) is 3.21. The number of carbonyl (C=O) groups excluding carboxylic acids is 2. The molecule has 0 N–H and O–H groups in total. The lowest BCUT2D eigenvalue weighted by atomic mass is 10.0. The quantitative estimate of drug-likeness (QED) is 0.494. The smallest absolute Gasteiger partial charge is 0.137 e. The van der Waals surface area contributed by atoms with Crippen molar-refractivity contribution < 1.29 is 9.59 Å². The van der Waals surface area contributed by atoms with E-state index in [4.69, 9.17) is 0 Å². The first-order valence-electron chi connectivity index (χ1n) is 3.65. The summed E-state index contributed by atoms with van der Waals surface area (Å²) in [5, 5.41) is 0. The second-order valence-electron chi connectivity index (χ2n) is 3.21. The molecule has 0 heterocycles. The fourth-order valence-corrected chi connectivity index (χ4v) is 1.94. The molecule has 2 nitrogen and oxygen atoms in total. The Morgan fingerprint density at radius 1 is 1.20 bits per heavy atom. The highest BCUT2D eigenvalue weighted by atomic mass is 16.1. The molecular weight excluding hydrogens is 128 g/mol. The monoisotopic (exact) mass is 137 g/mol. The Morgan fingerprint density at radius 2 is 2.00 bits per heavy atom. The van der Waals surface area contributed by atoms with Crippen molar-refractivity contribution in [2.45, 2.75) is 19.3 Å². The van der Waals surface area contributed by atoms with Gasteiger partial charge in [-0.15, -0.1) is 0 Å². The summed E-state index contributed by atoms with van der Waals surface area (Å²) < 4.78 is 0. The highest BCUT2D eigenvalue weighted by molar-refractivity contribution is 5.94. The predicted molar refractivity (Wildman–Crippen MR) is 35.1 cm³/mol. The first-order chi connectivity index (χ1) is 4.75. The maximum atomic E-state index is 10.8.